The minimum absolute atomic E-state index is 0.0985. The molecular weight excluding hydrogens is 228 g/mol. The van der Waals surface area contributed by atoms with Crippen LogP contribution in [0.1, 0.15) is 36.0 Å². The van der Waals surface area contributed by atoms with Crippen LogP contribution < -0.4 is 0 Å². The van der Waals surface area contributed by atoms with Gasteiger partial charge in [0.1, 0.15) is 0 Å². The van der Waals surface area contributed by atoms with Crippen molar-refractivity contribution in [1.82, 2.24) is 9.88 Å². The summed E-state index contributed by atoms with van der Waals surface area (Å²) in [5.74, 6) is 0.0985. The fraction of sp³-hybridized carbons (Fsp3) is 0.571. The summed E-state index contributed by atoms with van der Waals surface area (Å²) in [5.41, 5.74) is 0.716. The van der Waals surface area contributed by atoms with E-state index in [1.54, 1.807) is 31.6 Å². The van der Waals surface area contributed by atoms with Gasteiger partial charge in [-0.15, -0.1) is 0 Å². The SMILES string of the molecule is COCCN(C(=O)c1ccncc1)C1CCCC1. The molecule has 0 spiro atoms. The zero-order chi connectivity index (χ0) is 12.8. The second kappa shape index (κ2) is 6.50. The van der Waals surface area contributed by atoms with Gasteiger partial charge in [-0.3, -0.25) is 9.78 Å². The first-order valence-corrected chi connectivity index (χ1v) is 6.53. The van der Waals surface area contributed by atoms with E-state index in [9.17, 15) is 4.79 Å². The van der Waals surface area contributed by atoms with Crippen LogP contribution in [0.15, 0.2) is 24.5 Å². The minimum Gasteiger partial charge on any atom is -0.383 e. The van der Waals surface area contributed by atoms with Gasteiger partial charge in [-0.1, -0.05) is 12.8 Å². The van der Waals surface area contributed by atoms with Crippen LogP contribution in [0.5, 0.6) is 0 Å². The highest BCUT2D eigenvalue weighted by Crippen LogP contribution is 2.24. The molecule has 1 fully saturated rings. The van der Waals surface area contributed by atoms with Crippen molar-refractivity contribution in [2.45, 2.75) is 31.7 Å². The second-order valence-electron chi connectivity index (χ2n) is 4.67. The number of amides is 1. The predicted octanol–water partition coefficient (Wildman–Crippen LogP) is 2.11. The summed E-state index contributed by atoms with van der Waals surface area (Å²) in [7, 11) is 1.67. The third-order valence-electron chi connectivity index (χ3n) is 3.49. The highest BCUT2D eigenvalue weighted by atomic mass is 16.5. The fourth-order valence-electron chi connectivity index (χ4n) is 2.52. The summed E-state index contributed by atoms with van der Waals surface area (Å²) in [4.78, 5) is 18.4. The molecule has 0 bridgehead atoms. The van der Waals surface area contributed by atoms with E-state index in [0.29, 0.717) is 24.8 Å². The first-order valence-electron chi connectivity index (χ1n) is 6.53. The van der Waals surface area contributed by atoms with Gasteiger partial charge in [-0.25, -0.2) is 0 Å². The van der Waals surface area contributed by atoms with Crippen molar-refractivity contribution >= 4 is 5.91 Å². The second-order valence-corrected chi connectivity index (χ2v) is 4.67. The Morgan fingerprint density at radius 1 is 1.39 bits per heavy atom. The van der Waals surface area contributed by atoms with Gasteiger partial charge < -0.3 is 9.64 Å². The molecule has 0 aromatic carbocycles. The number of ether oxygens (including phenoxy) is 1. The van der Waals surface area contributed by atoms with E-state index in [4.69, 9.17) is 4.74 Å². The molecule has 1 amide bonds. The lowest BCUT2D eigenvalue weighted by Gasteiger charge is -2.28. The number of rotatable bonds is 5. The summed E-state index contributed by atoms with van der Waals surface area (Å²) in [6.07, 6.45) is 7.99. The third-order valence-corrected chi connectivity index (χ3v) is 3.49. The molecule has 4 nitrogen and oxygen atoms in total. The standard InChI is InChI=1S/C14H20N2O2/c1-18-11-10-16(13-4-2-3-5-13)14(17)12-6-8-15-9-7-12/h6-9,13H,2-5,10-11H2,1H3. The molecule has 0 radical (unpaired) electrons. The smallest absolute Gasteiger partial charge is 0.254 e. The average molecular weight is 248 g/mol. The zero-order valence-electron chi connectivity index (χ0n) is 10.8. The van der Waals surface area contributed by atoms with Gasteiger partial charge in [0, 0.05) is 37.7 Å². The number of methoxy groups -OCH3 is 1. The lowest BCUT2D eigenvalue weighted by molar-refractivity contribution is 0.0606. The Hall–Kier alpha value is -1.42. The Balaban J connectivity index is 2.09. The molecule has 18 heavy (non-hydrogen) atoms. The number of aromatic nitrogens is 1. The lowest BCUT2D eigenvalue weighted by Crippen LogP contribution is -2.41. The molecule has 1 aromatic heterocycles. The van der Waals surface area contributed by atoms with Gasteiger partial charge in [-0.05, 0) is 25.0 Å². The first kappa shape index (κ1) is 13.0. The molecule has 0 atom stereocenters. The minimum atomic E-state index is 0.0985. The summed E-state index contributed by atoms with van der Waals surface area (Å²) in [6.45, 7) is 1.26. The van der Waals surface area contributed by atoms with Crippen LogP contribution >= 0.6 is 0 Å². The Kier molecular flexibility index (Phi) is 4.70. The largest absolute Gasteiger partial charge is 0.383 e. The van der Waals surface area contributed by atoms with Gasteiger partial charge in [0.25, 0.3) is 5.91 Å². The van der Waals surface area contributed by atoms with Crippen LogP contribution in [0.25, 0.3) is 0 Å². The van der Waals surface area contributed by atoms with Crippen LogP contribution in [0.4, 0.5) is 0 Å². The van der Waals surface area contributed by atoms with Gasteiger partial charge >= 0.3 is 0 Å². The lowest BCUT2D eigenvalue weighted by atomic mass is 10.1. The Bertz CT molecular complexity index is 375. The molecule has 1 heterocycles. The molecule has 0 unspecified atom stereocenters. The molecule has 1 saturated carbocycles. The first-order chi connectivity index (χ1) is 8.83. The van der Waals surface area contributed by atoms with Gasteiger partial charge in [0.15, 0.2) is 0 Å². The van der Waals surface area contributed by atoms with Crippen LogP contribution in [0.3, 0.4) is 0 Å². The Labute approximate surface area is 108 Å². The van der Waals surface area contributed by atoms with E-state index in [-0.39, 0.29) is 5.91 Å². The number of hydrogen-bond acceptors (Lipinski definition) is 3. The molecule has 1 aromatic rings. The van der Waals surface area contributed by atoms with Crippen molar-refractivity contribution in [2.24, 2.45) is 0 Å². The molecule has 4 heteroatoms. The van der Waals surface area contributed by atoms with Gasteiger partial charge in [0.05, 0.1) is 6.61 Å². The highest BCUT2D eigenvalue weighted by molar-refractivity contribution is 5.94. The summed E-state index contributed by atoms with van der Waals surface area (Å²) in [6, 6.07) is 3.93. The normalized spacial score (nSPS) is 15.8. The number of hydrogen-bond donors (Lipinski definition) is 0. The Morgan fingerprint density at radius 2 is 2.06 bits per heavy atom. The topological polar surface area (TPSA) is 42.4 Å². The quantitative estimate of drug-likeness (QED) is 0.801. The summed E-state index contributed by atoms with van der Waals surface area (Å²) >= 11 is 0. The third kappa shape index (κ3) is 3.07. The van der Waals surface area contributed by atoms with Crippen molar-refractivity contribution in [1.29, 1.82) is 0 Å². The maximum absolute atomic E-state index is 12.5. The molecule has 98 valence electrons. The van der Waals surface area contributed by atoms with Crippen molar-refractivity contribution in [2.75, 3.05) is 20.3 Å². The zero-order valence-corrected chi connectivity index (χ0v) is 10.8. The van der Waals surface area contributed by atoms with Crippen molar-refractivity contribution < 1.29 is 9.53 Å². The highest BCUT2D eigenvalue weighted by Gasteiger charge is 2.26. The van der Waals surface area contributed by atoms with Crippen LogP contribution in [0.2, 0.25) is 0 Å². The summed E-state index contributed by atoms with van der Waals surface area (Å²) < 4.78 is 5.11. The van der Waals surface area contributed by atoms with Crippen LogP contribution in [-0.4, -0.2) is 42.1 Å². The van der Waals surface area contributed by atoms with Crippen LogP contribution in [0, 0.1) is 0 Å². The maximum Gasteiger partial charge on any atom is 0.254 e. The number of carbonyl (C=O) groups excluding carboxylic acids is 1. The Morgan fingerprint density at radius 3 is 2.67 bits per heavy atom. The number of nitrogens with zero attached hydrogens (tertiary/aromatic N) is 2. The van der Waals surface area contributed by atoms with Crippen molar-refractivity contribution in [3.8, 4) is 0 Å². The maximum atomic E-state index is 12.5. The van der Waals surface area contributed by atoms with E-state index in [2.05, 4.69) is 4.98 Å². The fourth-order valence-corrected chi connectivity index (χ4v) is 2.52. The molecule has 1 aliphatic rings. The van der Waals surface area contributed by atoms with E-state index in [1.165, 1.54) is 12.8 Å². The number of carbonyl (C=O) groups is 1. The predicted molar refractivity (Wildman–Crippen MR) is 69.4 cm³/mol. The average Bonchev–Trinajstić information content (AvgIpc) is 2.94. The monoisotopic (exact) mass is 248 g/mol. The van der Waals surface area contributed by atoms with E-state index < -0.39 is 0 Å². The van der Waals surface area contributed by atoms with E-state index in [1.807, 2.05) is 4.90 Å². The van der Waals surface area contributed by atoms with E-state index in [0.717, 1.165) is 12.8 Å². The molecule has 0 aliphatic heterocycles. The molecule has 0 N–H and O–H groups in total. The molecule has 1 aliphatic carbocycles. The van der Waals surface area contributed by atoms with Crippen molar-refractivity contribution in [3.05, 3.63) is 30.1 Å². The van der Waals surface area contributed by atoms with Crippen LogP contribution in [-0.2, 0) is 4.74 Å². The van der Waals surface area contributed by atoms with E-state index >= 15 is 0 Å². The van der Waals surface area contributed by atoms with Gasteiger partial charge in [-0.2, -0.15) is 0 Å². The van der Waals surface area contributed by atoms with Crippen molar-refractivity contribution in [3.63, 3.8) is 0 Å². The number of pyridine rings is 1. The molecule has 0 saturated heterocycles. The molecule has 2 rings (SSSR count). The molecular formula is C14H20N2O2. The van der Waals surface area contributed by atoms with Gasteiger partial charge in [0.2, 0.25) is 0 Å². The summed E-state index contributed by atoms with van der Waals surface area (Å²) in [5, 5.41) is 0.